The molecule has 1 aromatic carbocycles. The molecule has 0 bridgehead atoms. The van der Waals surface area contributed by atoms with E-state index in [0.29, 0.717) is 26.1 Å². The van der Waals surface area contributed by atoms with Gasteiger partial charge < -0.3 is 9.30 Å². The van der Waals surface area contributed by atoms with E-state index in [1.54, 1.807) is 0 Å². The molecular weight excluding hydrogens is 338 g/mol. The van der Waals surface area contributed by atoms with Gasteiger partial charge in [0.25, 0.3) is 10.2 Å². The second-order valence-corrected chi connectivity index (χ2v) is 8.76. The molecule has 1 aliphatic rings. The first-order valence-corrected chi connectivity index (χ1v) is 10.1. The first-order valence-electron chi connectivity index (χ1n) is 8.71. The van der Waals surface area contributed by atoms with E-state index in [9.17, 15) is 8.42 Å². The predicted molar refractivity (Wildman–Crippen MR) is 99.9 cm³/mol. The van der Waals surface area contributed by atoms with Crippen LogP contribution >= 0.6 is 0 Å². The van der Waals surface area contributed by atoms with E-state index in [0.717, 1.165) is 5.56 Å². The minimum absolute atomic E-state index is 0.0818. The molecule has 25 heavy (non-hydrogen) atoms. The van der Waals surface area contributed by atoms with Gasteiger partial charge in [-0.15, -0.1) is 0 Å². The molecule has 3 rings (SSSR count). The quantitative estimate of drug-likeness (QED) is 0.881. The third-order valence-corrected chi connectivity index (χ3v) is 6.18. The van der Waals surface area contributed by atoms with Crippen LogP contribution in [0.2, 0.25) is 0 Å². The summed E-state index contributed by atoms with van der Waals surface area (Å²) in [6.07, 6.45) is 2.58. The van der Waals surface area contributed by atoms with Crippen LogP contribution in [0, 0.1) is 6.92 Å². The highest BCUT2D eigenvalue weighted by molar-refractivity contribution is 7.87. The SMILES string of the molecule is Cc1ccc2c(CCNS(=O)(=O)N3CC(C)OC(C)C3)cn(C)c2c1. The van der Waals surface area contributed by atoms with Crippen molar-refractivity contribution in [2.45, 2.75) is 39.4 Å². The second-order valence-electron chi connectivity index (χ2n) is 7.01. The molecule has 1 fully saturated rings. The Balaban J connectivity index is 1.66. The number of nitrogens with one attached hydrogen (secondary N) is 1. The molecule has 2 heterocycles. The van der Waals surface area contributed by atoms with Crippen LogP contribution in [0.3, 0.4) is 0 Å². The average molecular weight is 365 g/mol. The van der Waals surface area contributed by atoms with Crippen LogP contribution in [-0.4, -0.2) is 49.1 Å². The van der Waals surface area contributed by atoms with Crippen molar-refractivity contribution in [2.24, 2.45) is 7.05 Å². The second kappa shape index (κ2) is 7.07. The van der Waals surface area contributed by atoms with Crippen molar-refractivity contribution in [2.75, 3.05) is 19.6 Å². The number of ether oxygens (including phenoxy) is 1. The summed E-state index contributed by atoms with van der Waals surface area (Å²) in [5.74, 6) is 0. The molecule has 1 N–H and O–H groups in total. The number of nitrogens with zero attached hydrogens (tertiary/aromatic N) is 2. The summed E-state index contributed by atoms with van der Waals surface area (Å²) in [4.78, 5) is 0. The molecular formula is C18H27N3O3S. The van der Waals surface area contributed by atoms with Crippen LogP contribution < -0.4 is 4.72 Å². The van der Waals surface area contributed by atoms with Crippen LogP contribution in [0.4, 0.5) is 0 Å². The molecule has 2 atom stereocenters. The van der Waals surface area contributed by atoms with Crippen LogP contribution in [0.15, 0.2) is 24.4 Å². The third-order valence-electron chi connectivity index (χ3n) is 4.63. The van der Waals surface area contributed by atoms with E-state index in [1.165, 1.54) is 20.8 Å². The molecule has 0 amide bonds. The lowest BCUT2D eigenvalue weighted by atomic mass is 10.1. The zero-order valence-corrected chi connectivity index (χ0v) is 16.1. The van der Waals surface area contributed by atoms with Crippen molar-refractivity contribution in [3.05, 3.63) is 35.5 Å². The maximum atomic E-state index is 12.5. The number of hydrogen-bond acceptors (Lipinski definition) is 3. The maximum Gasteiger partial charge on any atom is 0.279 e. The van der Waals surface area contributed by atoms with E-state index in [4.69, 9.17) is 4.74 Å². The summed E-state index contributed by atoms with van der Waals surface area (Å²) in [6, 6.07) is 6.35. The van der Waals surface area contributed by atoms with Crippen molar-refractivity contribution >= 4 is 21.1 Å². The minimum atomic E-state index is -3.48. The fourth-order valence-corrected chi connectivity index (χ4v) is 4.86. The van der Waals surface area contributed by atoms with Crippen molar-refractivity contribution in [3.8, 4) is 0 Å². The first kappa shape index (κ1) is 18.4. The zero-order chi connectivity index (χ0) is 18.2. The Hall–Kier alpha value is -1.41. The number of benzene rings is 1. The van der Waals surface area contributed by atoms with Gasteiger partial charge in [0, 0.05) is 43.8 Å². The van der Waals surface area contributed by atoms with Crippen LogP contribution in [-0.2, 0) is 28.4 Å². The lowest BCUT2D eigenvalue weighted by Crippen LogP contribution is -2.52. The smallest absolute Gasteiger partial charge is 0.279 e. The number of aryl methyl sites for hydroxylation is 2. The standard InChI is InChI=1S/C18H27N3O3S/c1-13-5-6-17-16(12-20(4)18(17)9-13)7-8-19-25(22,23)21-10-14(2)24-15(3)11-21/h5-6,9,12,14-15,19H,7-8,10-11H2,1-4H3. The molecule has 138 valence electrons. The van der Waals surface area contributed by atoms with Gasteiger partial charge in [-0.1, -0.05) is 12.1 Å². The Bertz CT molecular complexity index is 850. The average Bonchev–Trinajstić information content (AvgIpc) is 2.82. The van der Waals surface area contributed by atoms with Gasteiger partial charge in [-0.05, 0) is 44.4 Å². The molecule has 1 aromatic heterocycles. The Kier molecular flexibility index (Phi) is 5.20. The fraction of sp³-hybridized carbons (Fsp3) is 0.556. The highest BCUT2D eigenvalue weighted by Crippen LogP contribution is 2.22. The van der Waals surface area contributed by atoms with Crippen molar-refractivity contribution in [1.29, 1.82) is 0 Å². The Morgan fingerprint density at radius 2 is 1.92 bits per heavy atom. The molecule has 0 aliphatic carbocycles. The van der Waals surface area contributed by atoms with Gasteiger partial charge in [-0.25, -0.2) is 4.72 Å². The molecule has 2 aromatic rings. The molecule has 1 aliphatic heterocycles. The molecule has 0 saturated carbocycles. The monoisotopic (exact) mass is 365 g/mol. The van der Waals surface area contributed by atoms with Crippen molar-refractivity contribution < 1.29 is 13.2 Å². The van der Waals surface area contributed by atoms with Crippen LogP contribution in [0.25, 0.3) is 10.9 Å². The number of aromatic nitrogens is 1. The summed E-state index contributed by atoms with van der Waals surface area (Å²) in [6.45, 7) is 7.05. The number of hydrogen-bond donors (Lipinski definition) is 1. The normalized spacial score (nSPS) is 22.6. The molecule has 0 spiro atoms. The third kappa shape index (κ3) is 4.06. The number of morpholine rings is 1. The predicted octanol–water partition coefficient (Wildman–Crippen LogP) is 1.97. The molecule has 6 nitrogen and oxygen atoms in total. The number of fused-ring (bicyclic) bond motifs is 1. The zero-order valence-electron chi connectivity index (χ0n) is 15.3. The van der Waals surface area contributed by atoms with Crippen LogP contribution in [0.5, 0.6) is 0 Å². The van der Waals surface area contributed by atoms with Gasteiger partial charge in [0.15, 0.2) is 0 Å². The summed E-state index contributed by atoms with van der Waals surface area (Å²) >= 11 is 0. The van der Waals surface area contributed by atoms with Crippen molar-refractivity contribution in [3.63, 3.8) is 0 Å². The molecule has 2 unspecified atom stereocenters. The summed E-state index contributed by atoms with van der Waals surface area (Å²) in [5.41, 5.74) is 3.55. The van der Waals surface area contributed by atoms with Crippen LogP contribution in [0.1, 0.15) is 25.0 Å². The molecule has 0 radical (unpaired) electrons. The highest BCUT2D eigenvalue weighted by atomic mass is 32.2. The van der Waals surface area contributed by atoms with Gasteiger partial charge in [-0.2, -0.15) is 12.7 Å². The lowest BCUT2D eigenvalue weighted by molar-refractivity contribution is -0.0443. The summed E-state index contributed by atoms with van der Waals surface area (Å²) in [5, 5.41) is 1.18. The largest absolute Gasteiger partial charge is 0.373 e. The summed E-state index contributed by atoms with van der Waals surface area (Å²) < 4.78 is 37.0. The topological polar surface area (TPSA) is 63.6 Å². The fourth-order valence-electron chi connectivity index (χ4n) is 3.51. The van der Waals surface area contributed by atoms with E-state index in [1.807, 2.05) is 20.9 Å². The Morgan fingerprint density at radius 1 is 1.24 bits per heavy atom. The summed E-state index contributed by atoms with van der Waals surface area (Å²) in [7, 11) is -1.46. The Labute approximate surface area is 149 Å². The van der Waals surface area contributed by atoms with E-state index in [2.05, 4.69) is 40.6 Å². The lowest BCUT2D eigenvalue weighted by Gasteiger charge is -2.34. The highest BCUT2D eigenvalue weighted by Gasteiger charge is 2.30. The van der Waals surface area contributed by atoms with Gasteiger partial charge in [-0.3, -0.25) is 0 Å². The Morgan fingerprint density at radius 3 is 2.60 bits per heavy atom. The van der Waals surface area contributed by atoms with E-state index >= 15 is 0 Å². The van der Waals surface area contributed by atoms with Crippen molar-refractivity contribution in [1.82, 2.24) is 13.6 Å². The van der Waals surface area contributed by atoms with Gasteiger partial charge >= 0.3 is 0 Å². The molecule has 7 heteroatoms. The van der Waals surface area contributed by atoms with Gasteiger partial charge in [0.05, 0.1) is 12.2 Å². The minimum Gasteiger partial charge on any atom is -0.373 e. The first-order chi connectivity index (χ1) is 11.8. The molecule has 1 saturated heterocycles. The number of rotatable bonds is 5. The van der Waals surface area contributed by atoms with Gasteiger partial charge in [0.1, 0.15) is 0 Å². The maximum absolute atomic E-state index is 12.5. The van der Waals surface area contributed by atoms with Gasteiger partial charge in [0.2, 0.25) is 0 Å². The van der Waals surface area contributed by atoms with E-state index in [-0.39, 0.29) is 12.2 Å². The van der Waals surface area contributed by atoms with E-state index < -0.39 is 10.2 Å².